The molecule has 2 aliphatic rings. The number of ether oxygens (including phenoxy) is 1. The second-order valence-corrected chi connectivity index (χ2v) is 5.73. The Bertz CT molecular complexity index is 243. The van der Waals surface area contributed by atoms with Gasteiger partial charge in [-0.1, -0.05) is 6.92 Å². The highest BCUT2D eigenvalue weighted by Crippen LogP contribution is 2.24. The Morgan fingerprint density at radius 3 is 2.56 bits per heavy atom. The summed E-state index contributed by atoms with van der Waals surface area (Å²) in [6, 6.07) is 1.23. The topological polar surface area (TPSA) is 41.7 Å². The first-order valence-corrected chi connectivity index (χ1v) is 7.52. The summed E-state index contributed by atoms with van der Waals surface area (Å²) in [5.74, 6) is 0.740. The van der Waals surface area contributed by atoms with Crippen LogP contribution in [-0.2, 0) is 4.74 Å². The quantitative estimate of drug-likeness (QED) is 0.805. The van der Waals surface area contributed by atoms with Crippen molar-refractivity contribution in [3.63, 3.8) is 0 Å². The fraction of sp³-hybridized carbons (Fsp3) is 1.00. The molecule has 2 N–H and O–H groups in total. The first-order chi connectivity index (χ1) is 8.76. The molecule has 0 aromatic rings. The van der Waals surface area contributed by atoms with Crippen molar-refractivity contribution in [3.8, 4) is 0 Å². The molecule has 0 aliphatic carbocycles. The third kappa shape index (κ3) is 3.23. The molecule has 2 fully saturated rings. The smallest absolute Gasteiger partial charge is 0.0469 e. The van der Waals surface area contributed by atoms with E-state index in [-0.39, 0.29) is 0 Å². The summed E-state index contributed by atoms with van der Waals surface area (Å²) in [6.07, 6.45) is 2.37. The maximum Gasteiger partial charge on any atom is 0.0469 e. The minimum atomic E-state index is 0.565. The van der Waals surface area contributed by atoms with Crippen LogP contribution in [0.1, 0.15) is 26.7 Å². The second kappa shape index (κ2) is 6.85. The molecule has 4 heteroatoms. The number of nitrogens with zero attached hydrogens (tertiary/aromatic N) is 2. The zero-order valence-electron chi connectivity index (χ0n) is 12.0. The Labute approximate surface area is 111 Å². The van der Waals surface area contributed by atoms with Crippen molar-refractivity contribution in [1.29, 1.82) is 0 Å². The molecule has 0 spiro atoms. The molecule has 0 aromatic carbocycles. The monoisotopic (exact) mass is 255 g/mol. The van der Waals surface area contributed by atoms with Gasteiger partial charge >= 0.3 is 0 Å². The molecular weight excluding hydrogens is 226 g/mol. The van der Waals surface area contributed by atoms with Gasteiger partial charge in [-0.2, -0.15) is 0 Å². The summed E-state index contributed by atoms with van der Waals surface area (Å²) >= 11 is 0. The Morgan fingerprint density at radius 1 is 1.28 bits per heavy atom. The molecule has 2 unspecified atom stereocenters. The van der Waals surface area contributed by atoms with Gasteiger partial charge < -0.3 is 10.5 Å². The van der Waals surface area contributed by atoms with Crippen LogP contribution >= 0.6 is 0 Å². The van der Waals surface area contributed by atoms with Gasteiger partial charge in [-0.05, 0) is 32.2 Å². The predicted octanol–water partition coefficient (Wildman–Crippen LogP) is 0.766. The van der Waals surface area contributed by atoms with Crippen molar-refractivity contribution in [2.45, 2.75) is 38.8 Å². The number of piperazine rings is 1. The second-order valence-electron chi connectivity index (χ2n) is 5.73. The van der Waals surface area contributed by atoms with E-state index < -0.39 is 0 Å². The van der Waals surface area contributed by atoms with Gasteiger partial charge in [0.1, 0.15) is 0 Å². The largest absolute Gasteiger partial charge is 0.381 e. The SMILES string of the molecule is CCN1CCN(C(CN)C2CCOCC2)CC1C. The summed E-state index contributed by atoms with van der Waals surface area (Å²) in [5, 5.41) is 0. The summed E-state index contributed by atoms with van der Waals surface area (Å²) in [7, 11) is 0. The molecular formula is C14H29N3O. The molecule has 18 heavy (non-hydrogen) atoms. The van der Waals surface area contributed by atoms with Gasteiger partial charge in [-0.3, -0.25) is 9.80 Å². The van der Waals surface area contributed by atoms with Crippen LogP contribution in [0, 0.1) is 5.92 Å². The first kappa shape index (κ1) is 14.3. The number of nitrogens with two attached hydrogens (primary N) is 1. The molecule has 0 amide bonds. The van der Waals surface area contributed by atoms with E-state index in [1.807, 2.05) is 0 Å². The van der Waals surface area contributed by atoms with E-state index in [0.717, 1.165) is 25.7 Å². The van der Waals surface area contributed by atoms with E-state index in [9.17, 15) is 0 Å². The molecule has 2 atom stereocenters. The van der Waals surface area contributed by atoms with Crippen LogP contribution in [-0.4, -0.2) is 67.8 Å². The van der Waals surface area contributed by atoms with E-state index in [1.54, 1.807) is 0 Å². The number of hydrogen-bond donors (Lipinski definition) is 1. The number of rotatable bonds is 4. The minimum Gasteiger partial charge on any atom is -0.381 e. The molecule has 0 bridgehead atoms. The maximum absolute atomic E-state index is 6.05. The average Bonchev–Trinajstić information content (AvgIpc) is 2.41. The van der Waals surface area contributed by atoms with Crippen molar-refractivity contribution in [2.24, 2.45) is 11.7 Å². The zero-order chi connectivity index (χ0) is 13.0. The Balaban J connectivity index is 1.91. The number of likely N-dealkylation sites (N-methyl/N-ethyl adjacent to an activating group) is 1. The standard InChI is InChI=1S/C14H29N3O/c1-3-16-6-7-17(11-12(16)2)14(10-15)13-4-8-18-9-5-13/h12-14H,3-11,15H2,1-2H3. The van der Waals surface area contributed by atoms with Crippen LogP contribution in [0.4, 0.5) is 0 Å². The van der Waals surface area contributed by atoms with Gasteiger partial charge in [0.25, 0.3) is 0 Å². The summed E-state index contributed by atoms with van der Waals surface area (Å²) < 4.78 is 5.47. The molecule has 2 heterocycles. The molecule has 106 valence electrons. The lowest BCUT2D eigenvalue weighted by Crippen LogP contribution is -2.58. The minimum absolute atomic E-state index is 0.565. The molecule has 2 saturated heterocycles. The summed E-state index contributed by atoms with van der Waals surface area (Å²) in [4.78, 5) is 5.20. The normalized spacial score (nSPS) is 30.5. The molecule has 2 rings (SSSR count). The van der Waals surface area contributed by atoms with Gasteiger partial charge in [0, 0.05) is 51.5 Å². The first-order valence-electron chi connectivity index (χ1n) is 7.52. The summed E-state index contributed by atoms with van der Waals surface area (Å²) in [6.45, 7) is 11.9. The lowest BCUT2D eigenvalue weighted by molar-refractivity contribution is 0.0000759. The lowest BCUT2D eigenvalue weighted by Gasteiger charge is -2.45. The Hall–Kier alpha value is -0.160. The Kier molecular flexibility index (Phi) is 5.42. The fourth-order valence-corrected chi connectivity index (χ4v) is 3.53. The molecule has 4 nitrogen and oxygen atoms in total. The van der Waals surface area contributed by atoms with Crippen LogP contribution < -0.4 is 5.73 Å². The van der Waals surface area contributed by atoms with Crippen molar-refractivity contribution in [3.05, 3.63) is 0 Å². The van der Waals surface area contributed by atoms with Crippen LogP contribution in [0.2, 0.25) is 0 Å². The number of hydrogen-bond acceptors (Lipinski definition) is 4. The van der Waals surface area contributed by atoms with Crippen LogP contribution in [0.25, 0.3) is 0 Å². The molecule has 0 radical (unpaired) electrons. The van der Waals surface area contributed by atoms with Crippen molar-refractivity contribution < 1.29 is 4.74 Å². The van der Waals surface area contributed by atoms with Crippen LogP contribution in [0.5, 0.6) is 0 Å². The molecule has 0 saturated carbocycles. The summed E-state index contributed by atoms with van der Waals surface area (Å²) in [5.41, 5.74) is 6.05. The zero-order valence-corrected chi connectivity index (χ0v) is 12.0. The van der Waals surface area contributed by atoms with Crippen molar-refractivity contribution in [1.82, 2.24) is 9.80 Å². The Morgan fingerprint density at radius 2 is 2.00 bits per heavy atom. The fourth-order valence-electron chi connectivity index (χ4n) is 3.53. The van der Waals surface area contributed by atoms with Crippen molar-refractivity contribution >= 4 is 0 Å². The van der Waals surface area contributed by atoms with Gasteiger partial charge in [0.2, 0.25) is 0 Å². The van der Waals surface area contributed by atoms with E-state index >= 15 is 0 Å². The lowest BCUT2D eigenvalue weighted by atomic mass is 9.90. The maximum atomic E-state index is 6.05. The average molecular weight is 255 g/mol. The van der Waals surface area contributed by atoms with E-state index in [4.69, 9.17) is 10.5 Å². The van der Waals surface area contributed by atoms with Gasteiger partial charge in [0.05, 0.1) is 0 Å². The van der Waals surface area contributed by atoms with Crippen LogP contribution in [0.3, 0.4) is 0 Å². The van der Waals surface area contributed by atoms with E-state index in [1.165, 1.54) is 39.0 Å². The van der Waals surface area contributed by atoms with E-state index in [2.05, 4.69) is 23.6 Å². The van der Waals surface area contributed by atoms with Crippen LogP contribution in [0.15, 0.2) is 0 Å². The highest BCUT2D eigenvalue weighted by Gasteiger charge is 2.32. The van der Waals surface area contributed by atoms with Crippen molar-refractivity contribution in [2.75, 3.05) is 45.9 Å². The van der Waals surface area contributed by atoms with Gasteiger partial charge in [-0.25, -0.2) is 0 Å². The molecule has 0 aromatic heterocycles. The highest BCUT2D eigenvalue weighted by molar-refractivity contribution is 4.87. The van der Waals surface area contributed by atoms with Gasteiger partial charge in [0.15, 0.2) is 0 Å². The predicted molar refractivity (Wildman–Crippen MR) is 74.7 cm³/mol. The molecule has 2 aliphatic heterocycles. The third-order valence-corrected chi connectivity index (χ3v) is 4.72. The third-order valence-electron chi connectivity index (χ3n) is 4.72. The van der Waals surface area contributed by atoms with E-state index in [0.29, 0.717) is 12.1 Å². The highest BCUT2D eigenvalue weighted by atomic mass is 16.5. The van der Waals surface area contributed by atoms with Gasteiger partial charge in [-0.15, -0.1) is 0 Å².